The lowest BCUT2D eigenvalue weighted by atomic mass is 10.1. The second-order valence-corrected chi connectivity index (χ2v) is 6.38. The van der Waals surface area contributed by atoms with E-state index in [2.05, 4.69) is 10.3 Å². The molecule has 0 saturated carbocycles. The smallest absolute Gasteiger partial charge is 0.317 e. The fraction of sp³-hybridized carbons (Fsp3) is 0.647. The lowest BCUT2D eigenvalue weighted by Crippen LogP contribution is -2.44. The summed E-state index contributed by atoms with van der Waals surface area (Å²) in [4.78, 5) is 18.3. The summed E-state index contributed by atoms with van der Waals surface area (Å²) >= 11 is 0. The van der Waals surface area contributed by atoms with E-state index < -0.39 is 0 Å². The van der Waals surface area contributed by atoms with E-state index in [1.165, 1.54) is 0 Å². The van der Waals surface area contributed by atoms with Crippen molar-refractivity contribution in [3.8, 4) is 0 Å². The lowest BCUT2D eigenvalue weighted by molar-refractivity contribution is 0.0162. The first-order chi connectivity index (χ1) is 10.3. The SMILES string of the molecule is COC(C)(C)CCNC(=O)N(C)[C@@H](C)Cc1ncccc1C. The van der Waals surface area contributed by atoms with Gasteiger partial charge in [-0.3, -0.25) is 4.98 Å². The Morgan fingerprint density at radius 2 is 2.18 bits per heavy atom. The lowest BCUT2D eigenvalue weighted by Gasteiger charge is -2.27. The van der Waals surface area contributed by atoms with E-state index in [-0.39, 0.29) is 17.7 Å². The number of pyridine rings is 1. The van der Waals surface area contributed by atoms with Crippen LogP contribution in [0.1, 0.15) is 38.4 Å². The Hall–Kier alpha value is -1.62. The van der Waals surface area contributed by atoms with Crippen molar-refractivity contribution in [3.05, 3.63) is 29.6 Å². The number of amides is 2. The van der Waals surface area contributed by atoms with E-state index in [1.807, 2.05) is 46.9 Å². The largest absolute Gasteiger partial charge is 0.379 e. The Labute approximate surface area is 134 Å². The van der Waals surface area contributed by atoms with Crippen LogP contribution in [-0.4, -0.2) is 48.3 Å². The quantitative estimate of drug-likeness (QED) is 0.843. The number of methoxy groups -OCH3 is 1. The Kier molecular flexibility index (Phi) is 6.81. The van der Waals surface area contributed by atoms with Crippen molar-refractivity contribution in [2.75, 3.05) is 20.7 Å². The summed E-state index contributed by atoms with van der Waals surface area (Å²) in [7, 11) is 3.50. The molecule has 0 aromatic carbocycles. The van der Waals surface area contributed by atoms with Crippen LogP contribution in [0.15, 0.2) is 18.3 Å². The molecule has 1 heterocycles. The van der Waals surface area contributed by atoms with Crippen LogP contribution in [0.2, 0.25) is 0 Å². The maximum absolute atomic E-state index is 12.2. The molecule has 0 aliphatic heterocycles. The minimum atomic E-state index is -0.220. The highest BCUT2D eigenvalue weighted by molar-refractivity contribution is 5.74. The number of hydrogen-bond donors (Lipinski definition) is 1. The molecule has 2 amide bonds. The van der Waals surface area contributed by atoms with Crippen molar-refractivity contribution in [1.82, 2.24) is 15.2 Å². The Morgan fingerprint density at radius 1 is 1.50 bits per heavy atom. The third kappa shape index (κ3) is 5.64. The van der Waals surface area contributed by atoms with Crippen LogP contribution in [0.3, 0.4) is 0 Å². The second kappa shape index (κ2) is 8.13. The van der Waals surface area contributed by atoms with Crippen LogP contribution < -0.4 is 5.32 Å². The monoisotopic (exact) mass is 307 g/mol. The Morgan fingerprint density at radius 3 is 2.77 bits per heavy atom. The average Bonchev–Trinajstić information content (AvgIpc) is 2.48. The van der Waals surface area contributed by atoms with E-state index in [1.54, 1.807) is 18.2 Å². The molecule has 1 rings (SSSR count). The molecule has 1 aromatic rings. The standard InChI is InChI=1S/C17H29N3O2/c1-13-8-7-10-18-15(13)12-14(2)20(5)16(21)19-11-9-17(3,4)22-6/h7-8,10,14H,9,11-12H2,1-6H3,(H,19,21)/t14-/m0/s1. The number of aromatic nitrogens is 1. The molecule has 1 aromatic heterocycles. The molecule has 0 fully saturated rings. The molecule has 1 atom stereocenters. The van der Waals surface area contributed by atoms with Gasteiger partial charge >= 0.3 is 6.03 Å². The number of nitrogens with zero attached hydrogens (tertiary/aromatic N) is 2. The van der Waals surface area contributed by atoms with E-state index >= 15 is 0 Å². The average molecular weight is 307 g/mol. The first-order valence-corrected chi connectivity index (χ1v) is 7.73. The number of likely N-dealkylation sites (N-methyl/N-ethyl adjacent to an activating group) is 1. The molecule has 5 nitrogen and oxygen atoms in total. The van der Waals surface area contributed by atoms with Crippen LogP contribution in [-0.2, 0) is 11.2 Å². The number of urea groups is 1. The highest BCUT2D eigenvalue weighted by atomic mass is 16.5. The molecule has 124 valence electrons. The summed E-state index contributed by atoms with van der Waals surface area (Å²) in [6.07, 6.45) is 3.32. The maximum atomic E-state index is 12.2. The van der Waals surface area contributed by atoms with Gasteiger partial charge in [0.25, 0.3) is 0 Å². The maximum Gasteiger partial charge on any atom is 0.317 e. The van der Waals surface area contributed by atoms with Crippen molar-refractivity contribution in [3.63, 3.8) is 0 Å². The number of rotatable bonds is 7. The Balaban J connectivity index is 2.47. The van der Waals surface area contributed by atoms with Gasteiger partial charge in [-0.1, -0.05) is 6.07 Å². The van der Waals surface area contributed by atoms with Crippen LogP contribution in [0.25, 0.3) is 0 Å². The van der Waals surface area contributed by atoms with Gasteiger partial charge in [0.2, 0.25) is 0 Å². The zero-order valence-corrected chi connectivity index (χ0v) is 14.6. The zero-order valence-electron chi connectivity index (χ0n) is 14.6. The summed E-state index contributed by atoms with van der Waals surface area (Å²) in [6, 6.07) is 4.00. The van der Waals surface area contributed by atoms with Gasteiger partial charge in [-0.15, -0.1) is 0 Å². The van der Waals surface area contributed by atoms with Gasteiger partial charge in [0.1, 0.15) is 0 Å². The van der Waals surface area contributed by atoms with Gasteiger partial charge in [0.05, 0.1) is 5.60 Å². The summed E-state index contributed by atoms with van der Waals surface area (Å²) in [6.45, 7) is 8.69. The molecule has 1 N–H and O–H groups in total. The van der Waals surface area contributed by atoms with Gasteiger partial charge < -0.3 is 15.0 Å². The topological polar surface area (TPSA) is 54.5 Å². The predicted molar refractivity (Wildman–Crippen MR) is 89.0 cm³/mol. The molecule has 5 heteroatoms. The molecule has 22 heavy (non-hydrogen) atoms. The first-order valence-electron chi connectivity index (χ1n) is 7.73. The summed E-state index contributed by atoms with van der Waals surface area (Å²) < 4.78 is 5.35. The number of nitrogens with one attached hydrogen (secondary N) is 1. The number of carbonyl (C=O) groups is 1. The molecule has 0 aliphatic rings. The molecule has 0 spiro atoms. The number of aryl methyl sites for hydroxylation is 1. The molecular formula is C17H29N3O2. The fourth-order valence-corrected chi connectivity index (χ4v) is 2.05. The van der Waals surface area contributed by atoms with E-state index in [0.29, 0.717) is 6.54 Å². The fourth-order valence-electron chi connectivity index (χ4n) is 2.05. The summed E-state index contributed by atoms with van der Waals surface area (Å²) in [5, 5.41) is 2.94. The van der Waals surface area contributed by atoms with Gasteiger partial charge in [0, 0.05) is 45.1 Å². The van der Waals surface area contributed by atoms with Crippen LogP contribution >= 0.6 is 0 Å². The Bertz CT molecular complexity index is 489. The minimum absolute atomic E-state index is 0.0620. The van der Waals surface area contributed by atoms with Crippen molar-refractivity contribution in [2.24, 2.45) is 0 Å². The highest BCUT2D eigenvalue weighted by Gasteiger charge is 2.19. The summed E-state index contributed by atoms with van der Waals surface area (Å²) in [5.41, 5.74) is 1.97. The number of hydrogen-bond acceptors (Lipinski definition) is 3. The van der Waals surface area contributed by atoms with Crippen LogP contribution in [0.4, 0.5) is 4.79 Å². The highest BCUT2D eigenvalue weighted by Crippen LogP contribution is 2.12. The predicted octanol–water partition coefficient (Wildman–Crippen LogP) is 2.78. The van der Waals surface area contributed by atoms with Crippen molar-refractivity contribution >= 4 is 6.03 Å². The number of ether oxygens (including phenoxy) is 1. The number of carbonyl (C=O) groups excluding carboxylic acids is 1. The van der Waals surface area contributed by atoms with Gasteiger partial charge in [0.15, 0.2) is 0 Å². The van der Waals surface area contributed by atoms with Crippen molar-refractivity contribution < 1.29 is 9.53 Å². The minimum Gasteiger partial charge on any atom is -0.379 e. The van der Waals surface area contributed by atoms with E-state index in [9.17, 15) is 4.79 Å². The summed E-state index contributed by atoms with van der Waals surface area (Å²) in [5.74, 6) is 0. The third-order valence-electron chi connectivity index (χ3n) is 4.14. The van der Waals surface area contributed by atoms with Crippen LogP contribution in [0, 0.1) is 6.92 Å². The van der Waals surface area contributed by atoms with Crippen LogP contribution in [0.5, 0.6) is 0 Å². The second-order valence-electron chi connectivity index (χ2n) is 6.38. The molecule has 0 unspecified atom stereocenters. The molecular weight excluding hydrogens is 278 g/mol. The van der Waals surface area contributed by atoms with E-state index in [0.717, 1.165) is 24.1 Å². The van der Waals surface area contributed by atoms with Gasteiger partial charge in [-0.25, -0.2) is 4.79 Å². The van der Waals surface area contributed by atoms with Crippen molar-refractivity contribution in [2.45, 2.75) is 52.2 Å². The van der Waals surface area contributed by atoms with Crippen molar-refractivity contribution in [1.29, 1.82) is 0 Å². The zero-order chi connectivity index (χ0) is 16.8. The first kappa shape index (κ1) is 18.4. The molecule has 0 saturated heterocycles. The molecule has 0 radical (unpaired) electrons. The third-order valence-corrected chi connectivity index (χ3v) is 4.14. The van der Waals surface area contributed by atoms with Gasteiger partial charge in [-0.05, 0) is 45.7 Å². The molecule has 0 bridgehead atoms. The van der Waals surface area contributed by atoms with Gasteiger partial charge in [-0.2, -0.15) is 0 Å². The van der Waals surface area contributed by atoms with E-state index in [4.69, 9.17) is 4.74 Å². The normalized spacial score (nSPS) is 12.8. The molecule has 0 aliphatic carbocycles.